The van der Waals surface area contributed by atoms with Crippen molar-refractivity contribution in [1.82, 2.24) is 0 Å². The summed E-state index contributed by atoms with van der Waals surface area (Å²) in [6.07, 6.45) is 3.65. The van der Waals surface area contributed by atoms with E-state index in [-0.39, 0.29) is 0 Å². The van der Waals surface area contributed by atoms with Gasteiger partial charge >= 0.3 is 0 Å². The first-order valence-electron chi connectivity index (χ1n) is 4.33. The third-order valence-electron chi connectivity index (χ3n) is 2.53. The summed E-state index contributed by atoms with van der Waals surface area (Å²) in [6.45, 7) is 4.54. The molecular formula is C9H16NP. The van der Waals surface area contributed by atoms with Gasteiger partial charge in [0.1, 0.15) is 0 Å². The van der Waals surface area contributed by atoms with Gasteiger partial charge < -0.3 is 0 Å². The molecule has 0 aliphatic heterocycles. The second-order valence-corrected chi connectivity index (χ2v) is 5.02. The average molecular weight is 169 g/mol. The van der Waals surface area contributed by atoms with Crippen LogP contribution < -0.4 is 0 Å². The fraction of sp³-hybridized carbons (Fsp3) is 0.889. The topological polar surface area (TPSA) is 23.8 Å². The molecule has 0 radical (unpaired) electrons. The van der Waals surface area contributed by atoms with Crippen LogP contribution in [0.2, 0.25) is 0 Å². The molecule has 11 heavy (non-hydrogen) atoms. The molecule has 1 aliphatic carbocycles. The molecule has 1 nitrogen and oxygen atoms in total. The number of rotatable bonds is 1. The molecular weight excluding hydrogens is 153 g/mol. The van der Waals surface area contributed by atoms with Gasteiger partial charge in [-0.15, -0.1) is 8.58 Å². The second kappa shape index (κ2) is 4.07. The van der Waals surface area contributed by atoms with Crippen LogP contribution in [0, 0.1) is 23.2 Å². The fourth-order valence-electron chi connectivity index (χ4n) is 1.94. The van der Waals surface area contributed by atoms with E-state index < -0.39 is 0 Å². The Morgan fingerprint density at radius 2 is 2.09 bits per heavy atom. The largest absolute Gasteiger partial charge is 0.198 e. The highest BCUT2D eigenvalue weighted by Crippen LogP contribution is 2.36. The van der Waals surface area contributed by atoms with Gasteiger partial charge in [-0.1, -0.05) is 6.92 Å². The van der Waals surface area contributed by atoms with Gasteiger partial charge in [0.05, 0.1) is 6.07 Å². The second-order valence-electron chi connectivity index (χ2n) is 3.62. The van der Waals surface area contributed by atoms with E-state index in [0.717, 1.165) is 33.0 Å². The molecule has 1 saturated carbocycles. The molecule has 1 fully saturated rings. The normalized spacial score (nSPS) is 39.2. The van der Waals surface area contributed by atoms with Crippen molar-refractivity contribution < 1.29 is 0 Å². The minimum atomic E-state index is 0.358. The molecule has 1 rings (SSSR count). The molecule has 0 aromatic carbocycles. The highest BCUT2D eigenvalue weighted by Gasteiger charge is 2.24. The van der Waals surface area contributed by atoms with Crippen LogP contribution in [0.5, 0.6) is 0 Å². The minimum Gasteiger partial charge on any atom is -0.198 e. The molecule has 0 spiro atoms. The van der Waals surface area contributed by atoms with Crippen molar-refractivity contribution in [2.24, 2.45) is 11.8 Å². The van der Waals surface area contributed by atoms with Crippen LogP contribution in [0.1, 0.15) is 26.2 Å². The summed E-state index contributed by atoms with van der Waals surface area (Å²) in [5, 5.41) is 8.78. The lowest BCUT2D eigenvalue weighted by Gasteiger charge is -2.28. The Hall–Kier alpha value is -0.0800. The standard InChI is InChI=1S/C9H16NP/c1-7-3-8(6-10)5-9(4-7)11-2/h7-9,11H,3-5H2,1-2H3. The van der Waals surface area contributed by atoms with E-state index >= 15 is 0 Å². The Balaban J connectivity index is 2.45. The van der Waals surface area contributed by atoms with Crippen molar-refractivity contribution in [1.29, 1.82) is 5.26 Å². The summed E-state index contributed by atoms with van der Waals surface area (Å²) < 4.78 is 0. The third-order valence-corrected chi connectivity index (χ3v) is 3.82. The molecule has 4 unspecified atom stereocenters. The molecule has 0 saturated heterocycles. The van der Waals surface area contributed by atoms with Crippen molar-refractivity contribution in [2.45, 2.75) is 31.8 Å². The summed E-state index contributed by atoms with van der Waals surface area (Å²) in [6, 6.07) is 2.40. The Morgan fingerprint density at radius 1 is 1.36 bits per heavy atom. The number of nitriles is 1. The molecule has 0 amide bonds. The Labute approximate surface area is 71.0 Å². The zero-order valence-electron chi connectivity index (χ0n) is 7.30. The molecule has 4 atom stereocenters. The molecule has 2 heteroatoms. The Bertz CT molecular complexity index is 161. The van der Waals surface area contributed by atoms with E-state index in [2.05, 4.69) is 19.7 Å². The highest BCUT2D eigenvalue weighted by atomic mass is 31.1. The predicted octanol–water partition coefficient (Wildman–Crippen LogP) is 2.62. The fourth-order valence-corrected chi connectivity index (χ4v) is 3.10. The van der Waals surface area contributed by atoms with Crippen molar-refractivity contribution >= 4 is 8.58 Å². The maximum Gasteiger partial charge on any atom is 0.0656 e. The van der Waals surface area contributed by atoms with Gasteiger partial charge in [-0.3, -0.25) is 0 Å². The van der Waals surface area contributed by atoms with Gasteiger partial charge in [0.25, 0.3) is 0 Å². The van der Waals surface area contributed by atoms with E-state index in [0.29, 0.717) is 5.92 Å². The quantitative estimate of drug-likeness (QED) is 0.553. The van der Waals surface area contributed by atoms with Gasteiger partial charge in [0.2, 0.25) is 0 Å². The van der Waals surface area contributed by atoms with Crippen molar-refractivity contribution in [3.05, 3.63) is 0 Å². The lowest BCUT2D eigenvalue weighted by atomic mass is 9.83. The average Bonchev–Trinajstić information content (AvgIpc) is 2.03. The maximum absolute atomic E-state index is 8.78. The van der Waals surface area contributed by atoms with Crippen LogP contribution in [0.4, 0.5) is 0 Å². The Kier molecular flexibility index (Phi) is 3.34. The number of hydrogen-bond donors (Lipinski definition) is 0. The molecule has 0 aromatic rings. The van der Waals surface area contributed by atoms with E-state index in [1.165, 1.54) is 6.42 Å². The van der Waals surface area contributed by atoms with E-state index in [4.69, 9.17) is 5.26 Å². The van der Waals surface area contributed by atoms with Crippen LogP contribution in [0.25, 0.3) is 0 Å². The molecule has 0 bridgehead atoms. The van der Waals surface area contributed by atoms with E-state index in [1.54, 1.807) is 0 Å². The summed E-state index contributed by atoms with van der Waals surface area (Å²) in [5.41, 5.74) is 0.850. The Morgan fingerprint density at radius 3 is 2.64 bits per heavy atom. The summed E-state index contributed by atoms with van der Waals surface area (Å²) in [7, 11) is 1.03. The van der Waals surface area contributed by atoms with Crippen molar-refractivity contribution in [3.63, 3.8) is 0 Å². The van der Waals surface area contributed by atoms with Crippen molar-refractivity contribution in [2.75, 3.05) is 6.66 Å². The first kappa shape index (κ1) is 9.01. The van der Waals surface area contributed by atoms with Crippen LogP contribution in [0.3, 0.4) is 0 Å². The van der Waals surface area contributed by atoms with Gasteiger partial charge in [-0.05, 0) is 37.5 Å². The third kappa shape index (κ3) is 2.46. The van der Waals surface area contributed by atoms with E-state index in [1.807, 2.05) is 0 Å². The molecule has 0 N–H and O–H groups in total. The molecule has 1 aliphatic rings. The predicted molar refractivity (Wildman–Crippen MR) is 50.1 cm³/mol. The first-order valence-corrected chi connectivity index (χ1v) is 5.91. The van der Waals surface area contributed by atoms with E-state index in [9.17, 15) is 0 Å². The number of nitrogens with zero attached hydrogens (tertiary/aromatic N) is 1. The molecule has 0 aromatic heterocycles. The monoisotopic (exact) mass is 169 g/mol. The van der Waals surface area contributed by atoms with Crippen LogP contribution in [-0.2, 0) is 0 Å². The molecule has 62 valence electrons. The van der Waals surface area contributed by atoms with Gasteiger partial charge in [-0.2, -0.15) is 5.26 Å². The SMILES string of the molecule is CPC1CC(C)CC(C#N)C1. The summed E-state index contributed by atoms with van der Waals surface area (Å²) >= 11 is 0. The minimum absolute atomic E-state index is 0.358. The lowest BCUT2D eigenvalue weighted by Crippen LogP contribution is -2.21. The lowest BCUT2D eigenvalue weighted by molar-refractivity contribution is 0.338. The van der Waals surface area contributed by atoms with Crippen molar-refractivity contribution in [3.8, 4) is 6.07 Å². The summed E-state index contributed by atoms with van der Waals surface area (Å²) in [5.74, 6) is 1.14. The van der Waals surface area contributed by atoms with Crippen LogP contribution in [0.15, 0.2) is 0 Å². The zero-order chi connectivity index (χ0) is 8.27. The highest BCUT2D eigenvalue weighted by molar-refractivity contribution is 7.37. The van der Waals surface area contributed by atoms with Gasteiger partial charge in [0.15, 0.2) is 0 Å². The van der Waals surface area contributed by atoms with Gasteiger partial charge in [0, 0.05) is 5.92 Å². The maximum atomic E-state index is 8.78. The van der Waals surface area contributed by atoms with Crippen LogP contribution >= 0.6 is 8.58 Å². The number of hydrogen-bond acceptors (Lipinski definition) is 1. The molecule has 0 heterocycles. The zero-order valence-corrected chi connectivity index (χ0v) is 8.30. The summed E-state index contributed by atoms with van der Waals surface area (Å²) in [4.78, 5) is 0. The smallest absolute Gasteiger partial charge is 0.0656 e. The van der Waals surface area contributed by atoms with Gasteiger partial charge in [-0.25, -0.2) is 0 Å². The van der Waals surface area contributed by atoms with Crippen LogP contribution in [-0.4, -0.2) is 12.3 Å². The first-order chi connectivity index (χ1) is 5.26.